The van der Waals surface area contributed by atoms with Gasteiger partial charge in [-0.25, -0.2) is 0 Å². The number of nitrogens with two attached hydrogens (primary N) is 1. The van der Waals surface area contributed by atoms with E-state index in [4.69, 9.17) is 5.73 Å². The molecule has 2 rings (SSSR count). The summed E-state index contributed by atoms with van der Waals surface area (Å²) in [6.07, 6.45) is 1.64. The molecule has 5 nitrogen and oxygen atoms in total. The van der Waals surface area contributed by atoms with E-state index >= 15 is 0 Å². The van der Waals surface area contributed by atoms with Crippen LogP contribution in [-0.4, -0.2) is 41.9 Å². The van der Waals surface area contributed by atoms with Crippen LogP contribution in [0.15, 0.2) is 24.3 Å². The van der Waals surface area contributed by atoms with Gasteiger partial charge in [-0.1, -0.05) is 32.0 Å². The van der Waals surface area contributed by atoms with E-state index in [0.29, 0.717) is 18.7 Å². The summed E-state index contributed by atoms with van der Waals surface area (Å²) in [6.45, 7) is 7.15. The number of hydrogen-bond donors (Lipinski definition) is 2. The summed E-state index contributed by atoms with van der Waals surface area (Å²) in [6, 6.07) is 7.09. The van der Waals surface area contributed by atoms with E-state index in [1.165, 1.54) is 0 Å². The minimum atomic E-state index is -0.503. The second-order valence-electron chi connectivity index (χ2n) is 6.67. The van der Waals surface area contributed by atoms with Gasteiger partial charge in [0.1, 0.15) is 6.04 Å². The molecule has 24 heavy (non-hydrogen) atoms. The Kier molecular flexibility index (Phi) is 7.70. The maximum Gasteiger partial charge on any atom is 0.252 e. The first-order valence-corrected chi connectivity index (χ1v) is 8.31. The summed E-state index contributed by atoms with van der Waals surface area (Å²) < 4.78 is 0. The molecule has 0 spiro atoms. The average molecular weight is 354 g/mol. The number of nitrogens with one attached hydrogen (secondary N) is 1. The number of halogens is 1. The largest absolute Gasteiger partial charge is 0.341 e. The standard InChI is InChI=1S/C18H27N3O2.ClH/c1-12(2)16(18(23)21-10-8-14(19)9-11-21)20-17(22)15-7-5-4-6-13(15)3;/h4-7,12,14,16H,8-11,19H2,1-3H3,(H,20,22);1H. The summed E-state index contributed by atoms with van der Waals surface area (Å²) in [7, 11) is 0. The van der Waals surface area contributed by atoms with Crippen LogP contribution < -0.4 is 11.1 Å². The highest BCUT2D eigenvalue weighted by atomic mass is 35.5. The highest BCUT2D eigenvalue weighted by Gasteiger charge is 2.30. The highest BCUT2D eigenvalue weighted by Crippen LogP contribution is 2.14. The fraction of sp³-hybridized carbons (Fsp3) is 0.556. The van der Waals surface area contributed by atoms with Gasteiger partial charge in [0.25, 0.3) is 5.91 Å². The number of carbonyl (C=O) groups is 2. The smallest absolute Gasteiger partial charge is 0.252 e. The van der Waals surface area contributed by atoms with Gasteiger partial charge in [-0.3, -0.25) is 9.59 Å². The SMILES string of the molecule is Cc1ccccc1C(=O)NC(C(=O)N1CCC(N)CC1)C(C)C.Cl. The number of piperidine rings is 1. The number of hydrogen-bond acceptors (Lipinski definition) is 3. The molecule has 1 aromatic carbocycles. The van der Waals surface area contributed by atoms with Crippen LogP contribution in [0.25, 0.3) is 0 Å². The first-order valence-electron chi connectivity index (χ1n) is 8.31. The lowest BCUT2D eigenvalue weighted by Crippen LogP contribution is -2.54. The van der Waals surface area contributed by atoms with Crippen molar-refractivity contribution >= 4 is 24.2 Å². The molecule has 6 heteroatoms. The zero-order valence-corrected chi connectivity index (χ0v) is 15.4. The quantitative estimate of drug-likeness (QED) is 0.870. The van der Waals surface area contributed by atoms with E-state index in [2.05, 4.69) is 5.32 Å². The molecule has 1 atom stereocenters. The summed E-state index contributed by atoms with van der Waals surface area (Å²) in [5, 5.41) is 2.92. The summed E-state index contributed by atoms with van der Waals surface area (Å²) in [5.74, 6) is -0.163. The lowest BCUT2D eigenvalue weighted by molar-refractivity contribution is -0.135. The van der Waals surface area contributed by atoms with Crippen LogP contribution in [0.5, 0.6) is 0 Å². The Bertz CT molecular complexity index is 569. The second-order valence-corrected chi connectivity index (χ2v) is 6.67. The molecule has 1 unspecified atom stereocenters. The van der Waals surface area contributed by atoms with Gasteiger partial charge in [-0.15, -0.1) is 12.4 Å². The normalized spacial score (nSPS) is 16.5. The van der Waals surface area contributed by atoms with E-state index in [1.807, 2.05) is 43.9 Å². The third-order valence-electron chi connectivity index (χ3n) is 4.46. The molecule has 3 N–H and O–H groups in total. The van der Waals surface area contributed by atoms with E-state index in [9.17, 15) is 9.59 Å². The van der Waals surface area contributed by atoms with Crippen molar-refractivity contribution in [2.24, 2.45) is 11.7 Å². The van der Waals surface area contributed by atoms with Crippen molar-refractivity contribution in [3.05, 3.63) is 35.4 Å². The van der Waals surface area contributed by atoms with Crippen molar-refractivity contribution < 1.29 is 9.59 Å². The summed E-state index contributed by atoms with van der Waals surface area (Å²) in [5.41, 5.74) is 7.42. The Labute approximate surface area is 150 Å². The van der Waals surface area contributed by atoms with E-state index in [-0.39, 0.29) is 36.2 Å². The van der Waals surface area contributed by atoms with E-state index in [1.54, 1.807) is 6.07 Å². The third kappa shape index (κ3) is 4.95. The van der Waals surface area contributed by atoms with Gasteiger partial charge in [0.2, 0.25) is 5.91 Å². The van der Waals surface area contributed by atoms with E-state index in [0.717, 1.165) is 18.4 Å². The number of benzene rings is 1. The second kappa shape index (κ2) is 9.04. The first kappa shape index (κ1) is 20.5. The molecule has 2 amide bonds. The fourth-order valence-electron chi connectivity index (χ4n) is 2.88. The fourth-order valence-corrected chi connectivity index (χ4v) is 2.88. The predicted octanol–water partition coefficient (Wildman–Crippen LogP) is 2.12. The number of rotatable bonds is 4. The van der Waals surface area contributed by atoms with Crippen LogP contribution >= 0.6 is 12.4 Å². The van der Waals surface area contributed by atoms with Crippen LogP contribution in [-0.2, 0) is 4.79 Å². The molecular formula is C18H28ClN3O2. The predicted molar refractivity (Wildman–Crippen MR) is 98.3 cm³/mol. The number of nitrogens with zero attached hydrogens (tertiary/aromatic N) is 1. The van der Waals surface area contributed by atoms with Crippen LogP contribution in [0.2, 0.25) is 0 Å². The molecule has 1 fully saturated rings. The Morgan fingerprint density at radius 1 is 1.21 bits per heavy atom. The van der Waals surface area contributed by atoms with Gasteiger partial charge >= 0.3 is 0 Å². The third-order valence-corrected chi connectivity index (χ3v) is 4.46. The molecule has 1 heterocycles. The lowest BCUT2D eigenvalue weighted by atomic mass is 9.99. The number of aryl methyl sites for hydroxylation is 1. The summed E-state index contributed by atoms with van der Waals surface area (Å²) >= 11 is 0. The maximum atomic E-state index is 12.8. The van der Waals surface area contributed by atoms with Crippen molar-refractivity contribution in [3.8, 4) is 0 Å². The molecule has 1 saturated heterocycles. The molecule has 1 aliphatic rings. The Hall–Kier alpha value is -1.59. The van der Waals surface area contributed by atoms with Crippen molar-refractivity contribution in [2.75, 3.05) is 13.1 Å². The minimum Gasteiger partial charge on any atom is -0.341 e. The van der Waals surface area contributed by atoms with Gasteiger partial charge < -0.3 is 16.0 Å². The Morgan fingerprint density at radius 3 is 2.33 bits per heavy atom. The summed E-state index contributed by atoms with van der Waals surface area (Å²) in [4.78, 5) is 27.1. The zero-order valence-electron chi connectivity index (χ0n) is 14.6. The molecule has 1 aromatic rings. The van der Waals surface area contributed by atoms with Crippen molar-refractivity contribution in [1.82, 2.24) is 10.2 Å². The molecule has 0 radical (unpaired) electrons. The molecule has 0 aliphatic carbocycles. The highest BCUT2D eigenvalue weighted by molar-refractivity contribution is 5.98. The van der Waals surface area contributed by atoms with Gasteiger partial charge in [0.05, 0.1) is 0 Å². The van der Waals surface area contributed by atoms with Crippen LogP contribution in [0.3, 0.4) is 0 Å². The molecule has 0 bridgehead atoms. The van der Waals surface area contributed by atoms with Crippen LogP contribution in [0.1, 0.15) is 42.6 Å². The van der Waals surface area contributed by atoms with Crippen LogP contribution in [0.4, 0.5) is 0 Å². The van der Waals surface area contributed by atoms with Gasteiger partial charge in [-0.05, 0) is 37.3 Å². The number of carbonyl (C=O) groups excluding carboxylic acids is 2. The monoisotopic (exact) mass is 353 g/mol. The van der Waals surface area contributed by atoms with Crippen LogP contribution in [0, 0.1) is 12.8 Å². The van der Waals surface area contributed by atoms with Crippen molar-refractivity contribution in [3.63, 3.8) is 0 Å². The maximum absolute atomic E-state index is 12.8. The topological polar surface area (TPSA) is 75.4 Å². The lowest BCUT2D eigenvalue weighted by Gasteiger charge is -2.34. The molecular weight excluding hydrogens is 326 g/mol. The molecule has 0 saturated carbocycles. The molecule has 134 valence electrons. The number of amides is 2. The van der Waals surface area contributed by atoms with Gasteiger partial charge in [0.15, 0.2) is 0 Å². The molecule has 1 aliphatic heterocycles. The van der Waals surface area contributed by atoms with Gasteiger partial charge in [-0.2, -0.15) is 0 Å². The zero-order chi connectivity index (χ0) is 17.0. The Balaban J connectivity index is 0.00000288. The number of likely N-dealkylation sites (tertiary alicyclic amines) is 1. The minimum absolute atomic E-state index is 0. The van der Waals surface area contributed by atoms with E-state index < -0.39 is 6.04 Å². The average Bonchev–Trinajstić information content (AvgIpc) is 2.52. The first-order chi connectivity index (χ1) is 10.9. The Morgan fingerprint density at radius 2 is 1.79 bits per heavy atom. The van der Waals surface area contributed by atoms with Crippen molar-refractivity contribution in [2.45, 2.75) is 45.7 Å². The van der Waals surface area contributed by atoms with Gasteiger partial charge in [0, 0.05) is 24.7 Å². The van der Waals surface area contributed by atoms with Crippen molar-refractivity contribution in [1.29, 1.82) is 0 Å². The molecule has 0 aromatic heterocycles.